The van der Waals surface area contributed by atoms with E-state index < -0.39 is 0 Å². The van der Waals surface area contributed by atoms with E-state index in [4.69, 9.17) is 4.74 Å². The van der Waals surface area contributed by atoms with Gasteiger partial charge >= 0.3 is 0 Å². The number of carbonyl (C=O) groups excluding carboxylic acids is 1. The van der Waals surface area contributed by atoms with E-state index in [2.05, 4.69) is 20.3 Å². The molecule has 4 heterocycles. The smallest absolute Gasteiger partial charge is 0.259 e. The third-order valence-electron chi connectivity index (χ3n) is 3.68. The minimum atomic E-state index is -0.167. The molecule has 1 aliphatic rings. The van der Waals surface area contributed by atoms with Gasteiger partial charge in [0.15, 0.2) is 5.65 Å². The number of rotatable bonds is 2. The highest BCUT2D eigenvalue weighted by molar-refractivity contribution is 5.99. The molecule has 8 heteroatoms. The molecule has 0 spiro atoms. The van der Waals surface area contributed by atoms with E-state index in [9.17, 15) is 4.79 Å². The van der Waals surface area contributed by atoms with E-state index in [0.29, 0.717) is 30.9 Å². The van der Waals surface area contributed by atoms with Crippen molar-refractivity contribution in [3.05, 3.63) is 42.1 Å². The van der Waals surface area contributed by atoms with Crippen molar-refractivity contribution < 1.29 is 9.53 Å². The van der Waals surface area contributed by atoms with E-state index in [1.54, 1.807) is 34.2 Å². The summed E-state index contributed by atoms with van der Waals surface area (Å²) in [6, 6.07) is 1.86. The summed E-state index contributed by atoms with van der Waals surface area (Å²) in [5.41, 5.74) is 2.10. The molecule has 0 radical (unpaired) electrons. The van der Waals surface area contributed by atoms with Gasteiger partial charge in [0.25, 0.3) is 5.91 Å². The van der Waals surface area contributed by atoms with E-state index >= 15 is 0 Å². The Labute approximate surface area is 119 Å². The van der Waals surface area contributed by atoms with Crippen molar-refractivity contribution in [1.29, 1.82) is 0 Å². The highest BCUT2D eigenvalue weighted by Crippen LogP contribution is 2.22. The average Bonchev–Trinajstić information content (AvgIpc) is 3.23. The van der Waals surface area contributed by atoms with Crippen molar-refractivity contribution in [2.45, 2.75) is 6.10 Å². The summed E-state index contributed by atoms with van der Waals surface area (Å²) in [5, 5.41) is 9.80. The van der Waals surface area contributed by atoms with Gasteiger partial charge in [0.05, 0.1) is 18.8 Å². The van der Waals surface area contributed by atoms with Gasteiger partial charge in [0, 0.05) is 31.3 Å². The predicted octanol–water partition coefficient (Wildman–Crippen LogP) is 0.599. The van der Waals surface area contributed by atoms with E-state index in [-0.39, 0.29) is 12.0 Å². The van der Waals surface area contributed by atoms with Crippen molar-refractivity contribution in [3.63, 3.8) is 0 Å². The number of nitrogens with zero attached hydrogens (tertiary/aromatic N) is 4. The lowest BCUT2D eigenvalue weighted by Gasteiger charge is -2.32. The van der Waals surface area contributed by atoms with Gasteiger partial charge in [-0.1, -0.05) is 0 Å². The SMILES string of the molecule is O=C(c1c[nH]n2ccnc12)N1CCOC(c2ccn[nH]2)C1. The Bertz CT molecular complexity index is 759. The zero-order valence-corrected chi connectivity index (χ0v) is 11.2. The molecule has 0 saturated carbocycles. The number of hydrogen-bond acceptors (Lipinski definition) is 4. The van der Waals surface area contributed by atoms with Crippen LogP contribution >= 0.6 is 0 Å². The first-order chi connectivity index (χ1) is 10.3. The number of carbonyl (C=O) groups is 1. The molecule has 1 fully saturated rings. The van der Waals surface area contributed by atoms with Crippen LogP contribution in [0.4, 0.5) is 0 Å². The fourth-order valence-electron chi connectivity index (χ4n) is 2.60. The van der Waals surface area contributed by atoms with Crippen molar-refractivity contribution in [2.24, 2.45) is 0 Å². The van der Waals surface area contributed by atoms with Gasteiger partial charge in [-0.25, -0.2) is 9.50 Å². The van der Waals surface area contributed by atoms with E-state index in [1.807, 2.05) is 6.07 Å². The quantitative estimate of drug-likeness (QED) is 0.721. The maximum atomic E-state index is 12.7. The van der Waals surface area contributed by atoms with Gasteiger partial charge in [0.1, 0.15) is 11.7 Å². The van der Waals surface area contributed by atoms with Crippen LogP contribution in [-0.2, 0) is 4.74 Å². The Morgan fingerprint density at radius 3 is 3.24 bits per heavy atom. The number of morpholine rings is 1. The molecule has 1 unspecified atom stereocenters. The van der Waals surface area contributed by atoms with Crippen LogP contribution in [0.1, 0.15) is 22.2 Å². The maximum Gasteiger partial charge on any atom is 0.259 e. The number of ether oxygens (including phenoxy) is 1. The lowest BCUT2D eigenvalue weighted by molar-refractivity contribution is -0.0246. The minimum absolute atomic E-state index is 0.0414. The summed E-state index contributed by atoms with van der Waals surface area (Å²) in [6.45, 7) is 1.57. The van der Waals surface area contributed by atoms with Crippen molar-refractivity contribution in [2.75, 3.05) is 19.7 Å². The van der Waals surface area contributed by atoms with Gasteiger partial charge in [0.2, 0.25) is 0 Å². The molecule has 1 atom stereocenters. The number of aromatic nitrogens is 5. The van der Waals surface area contributed by atoms with Crippen LogP contribution in [0, 0.1) is 0 Å². The molecule has 1 saturated heterocycles. The number of aromatic amines is 2. The van der Waals surface area contributed by atoms with Crippen LogP contribution in [0.25, 0.3) is 5.65 Å². The lowest BCUT2D eigenvalue weighted by atomic mass is 10.2. The van der Waals surface area contributed by atoms with Crippen LogP contribution < -0.4 is 0 Å². The van der Waals surface area contributed by atoms with Crippen LogP contribution in [0.2, 0.25) is 0 Å². The zero-order chi connectivity index (χ0) is 14.2. The molecule has 108 valence electrons. The fraction of sp³-hybridized carbons (Fsp3) is 0.308. The Balaban J connectivity index is 1.58. The number of imidazole rings is 1. The second kappa shape index (κ2) is 4.74. The molecule has 0 aliphatic carbocycles. The zero-order valence-electron chi connectivity index (χ0n) is 11.2. The number of fused-ring (bicyclic) bond motifs is 1. The van der Waals surface area contributed by atoms with E-state index in [0.717, 1.165) is 5.69 Å². The Kier molecular flexibility index (Phi) is 2.74. The largest absolute Gasteiger partial charge is 0.368 e. The highest BCUT2D eigenvalue weighted by atomic mass is 16.5. The van der Waals surface area contributed by atoms with Crippen molar-refractivity contribution >= 4 is 11.6 Å². The molecule has 3 aromatic rings. The summed E-state index contributed by atoms with van der Waals surface area (Å²) in [4.78, 5) is 18.6. The average molecular weight is 286 g/mol. The molecular weight excluding hydrogens is 272 g/mol. The molecule has 0 bridgehead atoms. The Morgan fingerprint density at radius 1 is 1.43 bits per heavy atom. The lowest BCUT2D eigenvalue weighted by Crippen LogP contribution is -2.42. The van der Waals surface area contributed by atoms with Gasteiger partial charge in [-0.05, 0) is 6.07 Å². The van der Waals surface area contributed by atoms with Crippen molar-refractivity contribution in [1.82, 2.24) is 29.7 Å². The summed E-state index contributed by atoms with van der Waals surface area (Å²) >= 11 is 0. The molecule has 1 amide bonds. The molecule has 1 aliphatic heterocycles. The first kappa shape index (κ1) is 12.2. The summed E-state index contributed by atoms with van der Waals surface area (Å²) < 4.78 is 7.42. The summed E-state index contributed by atoms with van der Waals surface area (Å²) in [6.07, 6.45) is 6.64. The van der Waals surface area contributed by atoms with Crippen LogP contribution in [0.3, 0.4) is 0 Å². The van der Waals surface area contributed by atoms with Crippen LogP contribution in [-0.4, -0.2) is 55.3 Å². The normalized spacial score (nSPS) is 19.2. The van der Waals surface area contributed by atoms with Crippen molar-refractivity contribution in [3.8, 4) is 0 Å². The van der Waals surface area contributed by atoms with E-state index in [1.165, 1.54) is 0 Å². The third-order valence-corrected chi connectivity index (χ3v) is 3.68. The molecule has 0 aromatic carbocycles. The molecular formula is C13H14N6O2. The maximum absolute atomic E-state index is 12.7. The first-order valence-electron chi connectivity index (χ1n) is 6.73. The standard InChI is InChI=1S/C13H14N6O2/c20-13(9-7-16-19-4-3-14-12(9)19)18-5-6-21-11(8-18)10-1-2-15-17-10/h1-4,7,11,16H,5-6,8H2,(H,15,17). The van der Waals surface area contributed by atoms with Crippen LogP contribution in [0.15, 0.2) is 30.9 Å². The van der Waals surface area contributed by atoms with Crippen LogP contribution in [0.5, 0.6) is 0 Å². The minimum Gasteiger partial charge on any atom is -0.368 e. The van der Waals surface area contributed by atoms with Gasteiger partial charge < -0.3 is 9.64 Å². The fourth-order valence-corrected chi connectivity index (χ4v) is 2.60. The monoisotopic (exact) mass is 286 g/mol. The number of hydrogen-bond donors (Lipinski definition) is 2. The number of nitrogens with one attached hydrogen (secondary N) is 2. The highest BCUT2D eigenvalue weighted by Gasteiger charge is 2.28. The Hall–Kier alpha value is -2.61. The second-order valence-electron chi connectivity index (χ2n) is 4.93. The van der Waals surface area contributed by atoms with Gasteiger partial charge in [-0.15, -0.1) is 0 Å². The summed E-state index contributed by atoms with van der Waals surface area (Å²) in [7, 11) is 0. The Morgan fingerprint density at radius 2 is 2.38 bits per heavy atom. The first-order valence-corrected chi connectivity index (χ1v) is 6.73. The molecule has 2 N–H and O–H groups in total. The number of amides is 1. The van der Waals surface area contributed by atoms with Gasteiger partial charge in [-0.3, -0.25) is 15.0 Å². The number of H-pyrrole nitrogens is 2. The van der Waals surface area contributed by atoms with Gasteiger partial charge in [-0.2, -0.15) is 5.10 Å². The molecule has 3 aromatic heterocycles. The predicted molar refractivity (Wildman–Crippen MR) is 72.7 cm³/mol. The second-order valence-corrected chi connectivity index (χ2v) is 4.93. The molecule has 21 heavy (non-hydrogen) atoms. The summed E-state index contributed by atoms with van der Waals surface area (Å²) in [5.74, 6) is -0.0414. The third kappa shape index (κ3) is 2.00. The topological polar surface area (TPSA) is 91.3 Å². The molecule has 4 rings (SSSR count). The molecule has 8 nitrogen and oxygen atoms in total.